The van der Waals surface area contributed by atoms with Crippen LogP contribution in [0.15, 0.2) is 77.7 Å². The highest BCUT2D eigenvalue weighted by molar-refractivity contribution is 7.92. The van der Waals surface area contributed by atoms with Gasteiger partial charge in [0.05, 0.1) is 10.6 Å². The highest BCUT2D eigenvalue weighted by Gasteiger charge is 2.33. The number of para-hydroxylation sites is 1. The van der Waals surface area contributed by atoms with Gasteiger partial charge in [-0.05, 0) is 63.4 Å². The van der Waals surface area contributed by atoms with Crippen molar-refractivity contribution in [2.24, 2.45) is 0 Å². The lowest BCUT2D eigenvalue weighted by Gasteiger charge is -2.32. The van der Waals surface area contributed by atoms with Crippen molar-refractivity contribution in [3.63, 3.8) is 0 Å². The number of carbonyl (C=O) groups is 2. The zero-order valence-electron chi connectivity index (χ0n) is 23.5. The number of aryl methyl sites for hydroxylation is 3. The van der Waals surface area contributed by atoms with Crippen LogP contribution in [-0.4, -0.2) is 44.3 Å². The fraction of sp³-hybridized carbons (Fsp3) is 0.355. The summed E-state index contributed by atoms with van der Waals surface area (Å²) in [5, 5.41) is 2.90. The van der Waals surface area contributed by atoms with Gasteiger partial charge in [0.15, 0.2) is 0 Å². The maximum absolute atomic E-state index is 14.0. The molecule has 1 N–H and O–H groups in total. The summed E-state index contributed by atoms with van der Waals surface area (Å²) >= 11 is 0. The van der Waals surface area contributed by atoms with Gasteiger partial charge in [0, 0.05) is 13.1 Å². The van der Waals surface area contributed by atoms with Crippen molar-refractivity contribution in [1.29, 1.82) is 0 Å². The topological polar surface area (TPSA) is 86.8 Å². The van der Waals surface area contributed by atoms with E-state index in [1.165, 1.54) is 4.90 Å². The second kappa shape index (κ2) is 13.4. The third-order valence-electron chi connectivity index (χ3n) is 6.74. The molecule has 0 aliphatic carbocycles. The Labute approximate surface area is 232 Å². The van der Waals surface area contributed by atoms with Crippen LogP contribution >= 0.6 is 0 Å². The Kier molecular flexibility index (Phi) is 10.3. The SMILES string of the molecule is CCCCNC(=O)C(C)N(Cc1ccc(C)cc1)C(=O)CN(c1ccccc1C)S(=O)(=O)c1ccc(C)cc1. The highest BCUT2D eigenvalue weighted by atomic mass is 32.2. The molecule has 0 aliphatic heterocycles. The summed E-state index contributed by atoms with van der Waals surface area (Å²) < 4.78 is 29.0. The predicted octanol–water partition coefficient (Wildman–Crippen LogP) is 5.14. The Balaban J connectivity index is 2.00. The van der Waals surface area contributed by atoms with Gasteiger partial charge in [-0.3, -0.25) is 13.9 Å². The Morgan fingerprint density at radius 3 is 2.05 bits per heavy atom. The predicted molar refractivity (Wildman–Crippen MR) is 156 cm³/mol. The number of anilines is 1. The van der Waals surface area contributed by atoms with Crippen LogP contribution in [0.3, 0.4) is 0 Å². The van der Waals surface area contributed by atoms with Crippen molar-refractivity contribution in [2.45, 2.75) is 64.9 Å². The van der Waals surface area contributed by atoms with Crippen molar-refractivity contribution < 1.29 is 18.0 Å². The molecule has 0 aromatic heterocycles. The Bertz CT molecular complexity index is 1370. The Hall–Kier alpha value is -3.65. The first-order chi connectivity index (χ1) is 18.5. The van der Waals surface area contributed by atoms with Gasteiger partial charge in [-0.2, -0.15) is 0 Å². The molecule has 0 aliphatic rings. The van der Waals surface area contributed by atoms with Gasteiger partial charge >= 0.3 is 0 Å². The van der Waals surface area contributed by atoms with Gasteiger partial charge < -0.3 is 10.2 Å². The molecule has 0 fully saturated rings. The molecule has 39 heavy (non-hydrogen) atoms. The van der Waals surface area contributed by atoms with E-state index >= 15 is 0 Å². The Morgan fingerprint density at radius 1 is 0.872 bits per heavy atom. The molecule has 3 aromatic carbocycles. The van der Waals surface area contributed by atoms with E-state index in [2.05, 4.69) is 5.32 Å². The van der Waals surface area contributed by atoms with Gasteiger partial charge in [0.25, 0.3) is 10.0 Å². The average Bonchev–Trinajstić information content (AvgIpc) is 2.91. The van der Waals surface area contributed by atoms with Crippen LogP contribution in [0.4, 0.5) is 5.69 Å². The minimum absolute atomic E-state index is 0.0968. The lowest BCUT2D eigenvalue weighted by molar-refractivity contribution is -0.139. The molecule has 1 unspecified atom stereocenters. The fourth-order valence-electron chi connectivity index (χ4n) is 4.20. The molecule has 3 aromatic rings. The number of nitrogens with zero attached hydrogens (tertiary/aromatic N) is 2. The molecular weight excluding hydrogens is 510 g/mol. The van der Waals surface area contributed by atoms with E-state index in [4.69, 9.17) is 0 Å². The van der Waals surface area contributed by atoms with Gasteiger partial charge in [-0.25, -0.2) is 8.42 Å². The first-order valence-corrected chi connectivity index (χ1v) is 14.8. The van der Waals surface area contributed by atoms with Crippen molar-refractivity contribution in [3.05, 3.63) is 95.1 Å². The molecule has 0 spiro atoms. The molecule has 2 amide bonds. The minimum Gasteiger partial charge on any atom is -0.354 e. The number of sulfonamides is 1. The second-order valence-corrected chi connectivity index (χ2v) is 11.8. The number of carbonyl (C=O) groups excluding carboxylic acids is 2. The van der Waals surface area contributed by atoms with Crippen LogP contribution in [0.2, 0.25) is 0 Å². The summed E-state index contributed by atoms with van der Waals surface area (Å²) in [7, 11) is -4.08. The first-order valence-electron chi connectivity index (χ1n) is 13.3. The van der Waals surface area contributed by atoms with Gasteiger partial charge in [0.1, 0.15) is 12.6 Å². The number of amides is 2. The van der Waals surface area contributed by atoms with Gasteiger partial charge in [-0.15, -0.1) is 0 Å². The quantitative estimate of drug-likeness (QED) is 0.317. The van der Waals surface area contributed by atoms with E-state index in [0.717, 1.165) is 39.4 Å². The molecule has 7 nitrogen and oxygen atoms in total. The molecule has 0 heterocycles. The van der Waals surface area contributed by atoms with Crippen molar-refractivity contribution in [3.8, 4) is 0 Å². The maximum Gasteiger partial charge on any atom is 0.264 e. The molecule has 8 heteroatoms. The zero-order valence-corrected chi connectivity index (χ0v) is 24.3. The van der Waals surface area contributed by atoms with Crippen LogP contribution in [-0.2, 0) is 26.2 Å². The monoisotopic (exact) mass is 549 g/mol. The molecule has 0 saturated heterocycles. The number of hydrogen-bond acceptors (Lipinski definition) is 4. The zero-order chi connectivity index (χ0) is 28.6. The van der Waals surface area contributed by atoms with E-state index in [1.807, 2.05) is 64.1 Å². The smallest absolute Gasteiger partial charge is 0.264 e. The lowest BCUT2D eigenvalue weighted by Crippen LogP contribution is -2.51. The largest absolute Gasteiger partial charge is 0.354 e. The van der Waals surface area contributed by atoms with Crippen LogP contribution in [0.1, 0.15) is 48.9 Å². The highest BCUT2D eigenvalue weighted by Crippen LogP contribution is 2.27. The van der Waals surface area contributed by atoms with Crippen LogP contribution < -0.4 is 9.62 Å². The van der Waals surface area contributed by atoms with E-state index in [1.54, 1.807) is 43.3 Å². The van der Waals surface area contributed by atoms with Gasteiger partial charge in [0.2, 0.25) is 11.8 Å². The third-order valence-corrected chi connectivity index (χ3v) is 8.52. The van der Waals surface area contributed by atoms with Crippen LogP contribution in [0.5, 0.6) is 0 Å². The number of nitrogens with one attached hydrogen (secondary N) is 1. The summed E-state index contributed by atoms with van der Waals surface area (Å²) in [6.45, 7) is 9.64. The summed E-state index contributed by atoms with van der Waals surface area (Å²) in [6, 6.07) is 20.6. The second-order valence-electron chi connectivity index (χ2n) is 9.94. The minimum atomic E-state index is -4.08. The molecule has 0 radical (unpaired) electrons. The Morgan fingerprint density at radius 2 is 1.46 bits per heavy atom. The molecule has 0 bridgehead atoms. The summed E-state index contributed by atoms with van der Waals surface area (Å²) in [4.78, 5) is 28.5. The molecule has 0 saturated carbocycles. The standard InChI is InChI=1S/C31H39N3O4S/c1-6-7-20-32-31(36)26(5)33(21-27-16-12-23(2)13-17-27)30(35)22-34(29-11-9-8-10-25(29)4)39(37,38)28-18-14-24(3)15-19-28/h8-19,26H,6-7,20-22H2,1-5H3,(H,32,36). The van der Waals surface area contributed by atoms with Crippen LogP contribution in [0, 0.1) is 20.8 Å². The van der Waals surface area contributed by atoms with Crippen molar-refractivity contribution in [1.82, 2.24) is 10.2 Å². The normalized spacial score (nSPS) is 12.0. The van der Waals surface area contributed by atoms with Gasteiger partial charge in [-0.1, -0.05) is 79.1 Å². The number of hydrogen-bond donors (Lipinski definition) is 1. The third kappa shape index (κ3) is 7.69. The maximum atomic E-state index is 14.0. The van der Waals surface area contributed by atoms with Crippen LogP contribution in [0.25, 0.3) is 0 Å². The lowest BCUT2D eigenvalue weighted by atomic mass is 10.1. The average molecular weight is 550 g/mol. The summed E-state index contributed by atoms with van der Waals surface area (Å²) in [5.74, 6) is -0.736. The molecule has 208 valence electrons. The first kappa shape index (κ1) is 29.9. The van der Waals surface area contributed by atoms with E-state index in [9.17, 15) is 18.0 Å². The number of benzene rings is 3. The molecule has 3 rings (SSSR count). The number of rotatable bonds is 12. The summed E-state index contributed by atoms with van der Waals surface area (Å²) in [6.07, 6.45) is 1.77. The van der Waals surface area contributed by atoms with Crippen molar-refractivity contribution >= 4 is 27.5 Å². The number of unbranched alkanes of at least 4 members (excludes halogenated alkanes) is 1. The fourth-order valence-corrected chi connectivity index (χ4v) is 5.68. The van der Waals surface area contributed by atoms with E-state index < -0.39 is 28.5 Å². The van der Waals surface area contributed by atoms with E-state index in [-0.39, 0.29) is 17.3 Å². The van der Waals surface area contributed by atoms with E-state index in [0.29, 0.717) is 12.2 Å². The molecule has 1 atom stereocenters. The summed E-state index contributed by atoms with van der Waals surface area (Å²) in [5.41, 5.74) is 4.00. The molecular formula is C31H39N3O4S. The van der Waals surface area contributed by atoms with Crippen molar-refractivity contribution in [2.75, 3.05) is 17.4 Å².